The number of nitrogens with zero attached hydrogens (tertiary/aromatic N) is 2. The fourth-order valence-corrected chi connectivity index (χ4v) is 1.90. The fourth-order valence-electron chi connectivity index (χ4n) is 1.90. The van der Waals surface area contributed by atoms with Crippen molar-refractivity contribution in [3.8, 4) is 0 Å². The maximum Gasteiger partial charge on any atom is 0.410 e. The lowest BCUT2D eigenvalue weighted by Crippen LogP contribution is -2.40. The summed E-state index contributed by atoms with van der Waals surface area (Å²) in [7, 11) is 0. The van der Waals surface area contributed by atoms with Crippen LogP contribution in [0, 0.1) is 0 Å². The van der Waals surface area contributed by atoms with Gasteiger partial charge in [-0.2, -0.15) is 0 Å². The number of carbonyl (C=O) groups is 1. The molecule has 2 rings (SSSR count). The Morgan fingerprint density at radius 2 is 2.25 bits per heavy atom. The van der Waals surface area contributed by atoms with E-state index in [1.54, 1.807) is 4.90 Å². The Morgan fingerprint density at radius 1 is 1.50 bits per heavy atom. The van der Waals surface area contributed by atoms with Crippen LogP contribution >= 0.6 is 0 Å². The zero-order valence-corrected chi connectivity index (χ0v) is 10.1. The first-order valence-electron chi connectivity index (χ1n) is 5.64. The highest BCUT2D eigenvalue weighted by molar-refractivity contribution is 5.84. The van der Waals surface area contributed by atoms with E-state index in [9.17, 15) is 4.79 Å². The van der Waals surface area contributed by atoms with E-state index in [4.69, 9.17) is 4.74 Å². The molecule has 1 amide bonds. The van der Waals surface area contributed by atoms with Crippen molar-refractivity contribution in [3.63, 3.8) is 0 Å². The summed E-state index contributed by atoms with van der Waals surface area (Å²) in [5.74, 6) is 0. The monoisotopic (exact) mass is 222 g/mol. The number of hydrogen-bond donors (Lipinski definition) is 0. The number of carbonyl (C=O) groups excluding carboxylic acids is 1. The highest BCUT2D eigenvalue weighted by Gasteiger charge is 2.27. The Labute approximate surface area is 96.0 Å². The average Bonchev–Trinajstić information content (AvgIpc) is 2.61. The molecule has 0 atom stereocenters. The molecule has 0 aromatic heterocycles. The van der Waals surface area contributed by atoms with E-state index < -0.39 is 5.60 Å². The van der Waals surface area contributed by atoms with Crippen molar-refractivity contribution in [2.75, 3.05) is 19.6 Å². The lowest BCUT2D eigenvalue weighted by molar-refractivity contribution is 0.0261. The smallest absolute Gasteiger partial charge is 0.410 e. The summed E-state index contributed by atoms with van der Waals surface area (Å²) >= 11 is 0. The van der Waals surface area contributed by atoms with Crippen LogP contribution < -0.4 is 0 Å². The van der Waals surface area contributed by atoms with E-state index in [0.29, 0.717) is 6.54 Å². The molecule has 0 spiro atoms. The minimum Gasteiger partial charge on any atom is -0.444 e. The highest BCUT2D eigenvalue weighted by Crippen LogP contribution is 2.22. The Kier molecular flexibility index (Phi) is 2.74. The Bertz CT molecular complexity index is 364. The Hall–Kier alpha value is -1.32. The van der Waals surface area contributed by atoms with E-state index in [0.717, 1.165) is 19.5 Å². The van der Waals surface area contributed by atoms with Crippen LogP contribution in [0.25, 0.3) is 0 Å². The molecule has 0 aliphatic carbocycles. The minimum atomic E-state index is -0.419. The van der Waals surface area contributed by atoms with E-state index in [2.05, 4.69) is 4.99 Å². The maximum absolute atomic E-state index is 11.8. The van der Waals surface area contributed by atoms with Crippen LogP contribution in [0.15, 0.2) is 16.1 Å². The van der Waals surface area contributed by atoms with Crippen molar-refractivity contribution in [1.29, 1.82) is 0 Å². The third kappa shape index (κ3) is 2.43. The van der Waals surface area contributed by atoms with Crippen LogP contribution in [-0.2, 0) is 4.74 Å². The molecule has 2 aliphatic rings. The molecule has 0 bridgehead atoms. The Morgan fingerprint density at radius 3 is 2.94 bits per heavy atom. The summed E-state index contributed by atoms with van der Waals surface area (Å²) in [4.78, 5) is 17.8. The van der Waals surface area contributed by atoms with Crippen molar-refractivity contribution in [2.45, 2.75) is 32.8 Å². The zero-order valence-electron chi connectivity index (χ0n) is 10.1. The van der Waals surface area contributed by atoms with Gasteiger partial charge in [0, 0.05) is 19.3 Å². The Balaban J connectivity index is 1.96. The van der Waals surface area contributed by atoms with Crippen LogP contribution in [0.3, 0.4) is 0 Å². The molecule has 0 saturated carbocycles. The van der Waals surface area contributed by atoms with E-state index in [1.807, 2.05) is 27.0 Å². The van der Waals surface area contributed by atoms with Gasteiger partial charge in [0.2, 0.25) is 0 Å². The van der Waals surface area contributed by atoms with Crippen molar-refractivity contribution in [1.82, 2.24) is 4.90 Å². The molecule has 4 heteroatoms. The van der Waals surface area contributed by atoms with E-state index >= 15 is 0 Å². The second-order valence-corrected chi connectivity index (χ2v) is 5.25. The highest BCUT2D eigenvalue weighted by atomic mass is 16.6. The van der Waals surface area contributed by atoms with Crippen molar-refractivity contribution in [2.24, 2.45) is 4.99 Å². The molecule has 0 aromatic rings. The van der Waals surface area contributed by atoms with Crippen molar-refractivity contribution in [3.05, 3.63) is 11.1 Å². The number of amides is 1. The van der Waals surface area contributed by atoms with Crippen molar-refractivity contribution >= 4 is 12.3 Å². The summed E-state index contributed by atoms with van der Waals surface area (Å²) in [6.45, 7) is 7.81. The van der Waals surface area contributed by atoms with Gasteiger partial charge in [0.15, 0.2) is 0 Å². The molecule has 2 aliphatic heterocycles. The standard InChI is InChI=1S/C12H18N2O2/c1-12(2,3)16-11(15)14-5-4-9-6-13-7-10(9)8-14/h6H,4-5,7-8H2,1-3H3. The number of rotatable bonds is 0. The molecule has 0 unspecified atom stereocenters. The van der Waals surface area contributed by atoms with E-state index in [1.165, 1.54) is 11.1 Å². The first-order chi connectivity index (χ1) is 7.46. The third-order valence-corrected chi connectivity index (χ3v) is 2.67. The predicted molar refractivity (Wildman–Crippen MR) is 62.8 cm³/mol. The normalized spacial score (nSPS) is 20.1. The first-order valence-corrected chi connectivity index (χ1v) is 5.64. The lowest BCUT2D eigenvalue weighted by atomic mass is 10.0. The summed E-state index contributed by atoms with van der Waals surface area (Å²) in [5, 5.41) is 0. The molecule has 0 N–H and O–H groups in total. The third-order valence-electron chi connectivity index (χ3n) is 2.67. The first kappa shape index (κ1) is 11.2. The number of ether oxygens (including phenoxy) is 1. The fraction of sp³-hybridized carbons (Fsp3) is 0.667. The van der Waals surface area contributed by atoms with Crippen LogP contribution in [0.2, 0.25) is 0 Å². The van der Waals surface area contributed by atoms with Crippen LogP contribution in [0.5, 0.6) is 0 Å². The SMILES string of the molecule is CC(C)(C)OC(=O)N1CCC2=C(CN=C2)C1. The largest absolute Gasteiger partial charge is 0.444 e. The van der Waals surface area contributed by atoms with Gasteiger partial charge >= 0.3 is 6.09 Å². The summed E-state index contributed by atoms with van der Waals surface area (Å²) in [5.41, 5.74) is 2.15. The summed E-state index contributed by atoms with van der Waals surface area (Å²) < 4.78 is 5.35. The van der Waals surface area contributed by atoms with Crippen molar-refractivity contribution < 1.29 is 9.53 Å². The van der Waals surface area contributed by atoms with Gasteiger partial charge in [0.05, 0.1) is 6.54 Å². The van der Waals surface area contributed by atoms with Gasteiger partial charge in [0.1, 0.15) is 5.60 Å². The zero-order chi connectivity index (χ0) is 11.8. The van der Waals surface area contributed by atoms with Gasteiger partial charge in [-0.05, 0) is 38.3 Å². The molecule has 0 radical (unpaired) electrons. The summed E-state index contributed by atoms with van der Waals surface area (Å²) in [6, 6.07) is 0. The quantitative estimate of drug-likeness (QED) is 0.629. The average molecular weight is 222 g/mol. The molecule has 16 heavy (non-hydrogen) atoms. The molecule has 2 heterocycles. The second kappa shape index (κ2) is 3.92. The lowest BCUT2D eigenvalue weighted by Gasteiger charge is -2.30. The molecular weight excluding hydrogens is 204 g/mol. The topological polar surface area (TPSA) is 41.9 Å². The van der Waals surface area contributed by atoms with Gasteiger partial charge < -0.3 is 9.64 Å². The van der Waals surface area contributed by atoms with Crippen LogP contribution in [-0.4, -0.2) is 42.4 Å². The predicted octanol–water partition coefficient (Wildman–Crippen LogP) is 2.01. The molecule has 88 valence electrons. The molecule has 0 saturated heterocycles. The molecule has 4 nitrogen and oxygen atoms in total. The number of hydrogen-bond acceptors (Lipinski definition) is 3. The van der Waals surface area contributed by atoms with Gasteiger partial charge in [-0.3, -0.25) is 4.99 Å². The minimum absolute atomic E-state index is 0.217. The summed E-state index contributed by atoms with van der Waals surface area (Å²) in [6.07, 6.45) is 2.62. The molecular formula is C12H18N2O2. The van der Waals surface area contributed by atoms with Gasteiger partial charge in [-0.1, -0.05) is 0 Å². The van der Waals surface area contributed by atoms with Gasteiger partial charge in [0.25, 0.3) is 0 Å². The maximum atomic E-state index is 11.8. The van der Waals surface area contributed by atoms with Crippen LogP contribution in [0.4, 0.5) is 4.79 Å². The number of aliphatic imine (C=N–C) groups is 1. The molecule has 0 aromatic carbocycles. The molecule has 0 fully saturated rings. The van der Waals surface area contributed by atoms with Gasteiger partial charge in [-0.25, -0.2) is 4.79 Å². The van der Waals surface area contributed by atoms with Gasteiger partial charge in [-0.15, -0.1) is 0 Å². The second-order valence-electron chi connectivity index (χ2n) is 5.25. The van der Waals surface area contributed by atoms with E-state index in [-0.39, 0.29) is 6.09 Å². The van der Waals surface area contributed by atoms with Crippen LogP contribution in [0.1, 0.15) is 27.2 Å².